The number of amides is 2. The van der Waals surface area contributed by atoms with Crippen LogP contribution in [-0.4, -0.2) is 83.5 Å². The zero-order chi connectivity index (χ0) is 24.9. The summed E-state index contributed by atoms with van der Waals surface area (Å²) in [6.07, 6.45) is 7.61. The zero-order valence-corrected chi connectivity index (χ0v) is 21.6. The van der Waals surface area contributed by atoms with Crippen LogP contribution >= 0.6 is 0 Å². The number of rotatable bonds is 22. The summed E-state index contributed by atoms with van der Waals surface area (Å²) in [5.74, 6) is 0.0523. The van der Waals surface area contributed by atoms with E-state index in [1.807, 2.05) is 28.2 Å². The van der Waals surface area contributed by atoms with Crippen molar-refractivity contribution < 1.29 is 14.4 Å². The van der Waals surface area contributed by atoms with Gasteiger partial charge in [-0.3, -0.25) is 14.4 Å². The van der Waals surface area contributed by atoms with Crippen molar-refractivity contribution in [3.05, 3.63) is 0 Å². The van der Waals surface area contributed by atoms with Gasteiger partial charge in [0.1, 0.15) is 5.78 Å². The second-order valence-electron chi connectivity index (χ2n) is 8.89. The molecule has 0 spiro atoms. The highest BCUT2D eigenvalue weighted by Gasteiger charge is 2.18. The fraction of sp³-hybridized carbons (Fsp3) is 0.875. The number of carbonyl (C=O) groups excluding carboxylic acids is 3. The van der Waals surface area contributed by atoms with Crippen molar-refractivity contribution in [2.75, 3.05) is 47.8 Å². The van der Waals surface area contributed by atoms with Gasteiger partial charge >= 0.3 is 0 Å². The highest BCUT2D eigenvalue weighted by molar-refractivity contribution is 5.80. The van der Waals surface area contributed by atoms with Gasteiger partial charge in [-0.05, 0) is 86.7 Å². The molecule has 0 aliphatic heterocycles. The van der Waals surface area contributed by atoms with Crippen LogP contribution in [0.4, 0.5) is 0 Å². The van der Waals surface area contributed by atoms with Gasteiger partial charge in [0.2, 0.25) is 11.8 Å². The van der Waals surface area contributed by atoms with E-state index in [9.17, 15) is 14.4 Å². The Kier molecular flexibility index (Phi) is 20.0. The Labute approximate surface area is 201 Å². The molecule has 0 fully saturated rings. The smallest absolute Gasteiger partial charge is 0.221 e. The molecule has 0 saturated carbocycles. The SMILES string of the molecule is CNCCCCC(CC(=O)NCCCC(CC(C)=O)NC(=O)CC(CCCNC)NC)NC. The molecule has 0 rings (SSSR count). The van der Waals surface area contributed by atoms with Gasteiger partial charge in [-0.1, -0.05) is 6.42 Å². The summed E-state index contributed by atoms with van der Waals surface area (Å²) < 4.78 is 0. The first kappa shape index (κ1) is 31.4. The van der Waals surface area contributed by atoms with Crippen molar-refractivity contribution in [3.63, 3.8) is 0 Å². The molecule has 3 atom stereocenters. The maximum absolute atomic E-state index is 12.5. The Bertz CT molecular complexity index is 532. The van der Waals surface area contributed by atoms with Crippen molar-refractivity contribution in [3.8, 4) is 0 Å². The summed E-state index contributed by atoms with van der Waals surface area (Å²) in [5.41, 5.74) is 0. The normalized spacial score (nSPS) is 13.8. The lowest BCUT2D eigenvalue weighted by Crippen LogP contribution is -2.40. The Morgan fingerprint density at radius 2 is 1.12 bits per heavy atom. The summed E-state index contributed by atoms with van der Waals surface area (Å²) in [6, 6.07) is 0.104. The van der Waals surface area contributed by atoms with Gasteiger partial charge in [0, 0.05) is 43.9 Å². The predicted octanol–water partition coefficient (Wildman–Crippen LogP) is 0.692. The van der Waals surface area contributed by atoms with Crippen LogP contribution < -0.4 is 31.9 Å². The molecule has 0 aliphatic rings. The van der Waals surface area contributed by atoms with E-state index in [4.69, 9.17) is 0 Å². The summed E-state index contributed by atoms with van der Waals surface area (Å²) in [4.78, 5) is 36.4. The number of hydrogen-bond acceptors (Lipinski definition) is 7. The minimum atomic E-state index is -0.195. The molecule has 0 bridgehead atoms. The molecular weight excluding hydrogens is 420 g/mol. The van der Waals surface area contributed by atoms with E-state index in [2.05, 4.69) is 31.9 Å². The standard InChI is InChI=1S/C24H50N6O3/c1-19(31)16-22(30-24(33)18-21(28-5)11-8-14-26-3)12-9-15-29-23(32)17-20(27-4)10-6-7-13-25-2/h20-22,25-28H,6-18H2,1-5H3,(H,29,32)(H,30,33). The number of unbranched alkanes of at least 4 members (excludes halogenated alkanes) is 1. The third kappa shape index (κ3) is 18.6. The molecular formula is C24H50N6O3. The monoisotopic (exact) mass is 470 g/mol. The molecule has 0 aromatic rings. The summed E-state index contributed by atoms with van der Waals surface area (Å²) >= 11 is 0. The minimum Gasteiger partial charge on any atom is -0.356 e. The van der Waals surface area contributed by atoms with Gasteiger partial charge in [-0.2, -0.15) is 0 Å². The second-order valence-corrected chi connectivity index (χ2v) is 8.89. The van der Waals surface area contributed by atoms with Gasteiger partial charge in [-0.15, -0.1) is 0 Å². The largest absolute Gasteiger partial charge is 0.356 e. The van der Waals surface area contributed by atoms with E-state index in [1.54, 1.807) is 6.92 Å². The number of hydrogen-bond donors (Lipinski definition) is 6. The van der Waals surface area contributed by atoms with Crippen LogP contribution in [-0.2, 0) is 14.4 Å². The first-order valence-electron chi connectivity index (χ1n) is 12.5. The molecule has 0 aromatic heterocycles. The Morgan fingerprint density at radius 1 is 0.606 bits per heavy atom. The lowest BCUT2D eigenvalue weighted by atomic mass is 10.0. The van der Waals surface area contributed by atoms with E-state index in [-0.39, 0.29) is 35.7 Å². The highest BCUT2D eigenvalue weighted by atomic mass is 16.2. The topological polar surface area (TPSA) is 123 Å². The van der Waals surface area contributed by atoms with Crippen LogP contribution in [0, 0.1) is 0 Å². The Morgan fingerprint density at radius 3 is 1.70 bits per heavy atom. The first-order valence-corrected chi connectivity index (χ1v) is 12.5. The van der Waals surface area contributed by atoms with E-state index < -0.39 is 0 Å². The maximum Gasteiger partial charge on any atom is 0.221 e. The quantitative estimate of drug-likeness (QED) is 0.129. The average Bonchev–Trinajstić information content (AvgIpc) is 2.77. The lowest BCUT2D eigenvalue weighted by Gasteiger charge is -2.21. The van der Waals surface area contributed by atoms with Crippen molar-refractivity contribution in [2.45, 2.75) is 89.3 Å². The van der Waals surface area contributed by atoms with Crippen LogP contribution in [0.5, 0.6) is 0 Å². The Balaban J connectivity index is 4.34. The van der Waals surface area contributed by atoms with Gasteiger partial charge in [0.15, 0.2) is 0 Å². The van der Waals surface area contributed by atoms with Crippen LogP contribution in [0.15, 0.2) is 0 Å². The van der Waals surface area contributed by atoms with Crippen molar-refractivity contribution in [1.29, 1.82) is 0 Å². The van der Waals surface area contributed by atoms with E-state index in [0.717, 1.165) is 45.2 Å². The fourth-order valence-corrected chi connectivity index (χ4v) is 3.87. The first-order chi connectivity index (χ1) is 15.9. The van der Waals surface area contributed by atoms with Crippen molar-refractivity contribution in [2.24, 2.45) is 0 Å². The summed E-state index contributed by atoms with van der Waals surface area (Å²) in [6.45, 7) is 4.00. The zero-order valence-electron chi connectivity index (χ0n) is 21.6. The molecule has 2 amide bonds. The molecule has 9 heteroatoms. The molecule has 0 aliphatic carbocycles. The van der Waals surface area contributed by atoms with Gasteiger partial charge in [0.25, 0.3) is 0 Å². The van der Waals surface area contributed by atoms with Crippen LogP contribution in [0.2, 0.25) is 0 Å². The van der Waals surface area contributed by atoms with Crippen LogP contribution in [0.25, 0.3) is 0 Å². The number of carbonyl (C=O) groups is 3. The molecule has 9 nitrogen and oxygen atoms in total. The van der Waals surface area contributed by atoms with Gasteiger partial charge in [0.05, 0.1) is 0 Å². The van der Waals surface area contributed by atoms with Crippen LogP contribution in [0.3, 0.4) is 0 Å². The highest BCUT2D eigenvalue weighted by Crippen LogP contribution is 2.07. The fourth-order valence-electron chi connectivity index (χ4n) is 3.87. The predicted molar refractivity (Wildman–Crippen MR) is 135 cm³/mol. The number of ketones is 1. The molecule has 3 unspecified atom stereocenters. The number of Topliss-reactive ketones (excluding diaryl/α,β-unsaturated/α-hetero) is 1. The summed E-state index contributed by atoms with van der Waals surface area (Å²) in [5, 5.41) is 18.7. The second kappa shape index (κ2) is 21.0. The molecule has 194 valence electrons. The number of nitrogens with one attached hydrogen (secondary N) is 6. The molecule has 0 aromatic carbocycles. The van der Waals surface area contributed by atoms with E-state index >= 15 is 0 Å². The molecule has 0 saturated heterocycles. The van der Waals surface area contributed by atoms with E-state index in [0.29, 0.717) is 38.6 Å². The third-order valence-electron chi connectivity index (χ3n) is 5.84. The Hall–Kier alpha value is -1.55. The average molecular weight is 471 g/mol. The molecule has 0 radical (unpaired) electrons. The maximum atomic E-state index is 12.5. The van der Waals surface area contributed by atoms with Gasteiger partial charge < -0.3 is 31.9 Å². The third-order valence-corrected chi connectivity index (χ3v) is 5.84. The summed E-state index contributed by atoms with van der Waals surface area (Å²) in [7, 11) is 7.63. The molecule has 6 N–H and O–H groups in total. The van der Waals surface area contributed by atoms with E-state index in [1.165, 1.54) is 0 Å². The van der Waals surface area contributed by atoms with Crippen molar-refractivity contribution in [1.82, 2.24) is 31.9 Å². The lowest BCUT2D eigenvalue weighted by molar-refractivity contribution is -0.124. The van der Waals surface area contributed by atoms with Crippen LogP contribution in [0.1, 0.15) is 71.1 Å². The molecule has 0 heterocycles. The van der Waals surface area contributed by atoms with Gasteiger partial charge in [-0.25, -0.2) is 0 Å². The van der Waals surface area contributed by atoms with Crippen molar-refractivity contribution >= 4 is 17.6 Å². The molecule has 33 heavy (non-hydrogen) atoms. The minimum absolute atomic E-state index is 0.0357.